The number of carbonyl (C=O) groups is 3. The van der Waals surface area contributed by atoms with Crippen LogP contribution in [-0.4, -0.2) is 33.9 Å². The third kappa shape index (κ3) is 4.82. The average Bonchev–Trinajstić information content (AvgIpc) is 2.90. The van der Waals surface area contributed by atoms with Crippen molar-refractivity contribution in [3.8, 4) is 0 Å². The predicted octanol–water partition coefficient (Wildman–Crippen LogP) is 2.86. The lowest BCUT2D eigenvalue weighted by molar-refractivity contribution is -0.139. The quantitative estimate of drug-likeness (QED) is 0.365. The van der Waals surface area contributed by atoms with E-state index in [1.807, 2.05) is 0 Å². The molecule has 11 heteroatoms. The molecule has 2 amide bonds. The minimum absolute atomic E-state index is 0.0764. The maximum absolute atomic E-state index is 13.5. The number of nitrogens with zero attached hydrogens (tertiary/aromatic N) is 1. The molecule has 31 heavy (non-hydrogen) atoms. The lowest BCUT2D eigenvalue weighted by atomic mass is 10.0. The Morgan fingerprint density at radius 1 is 1.19 bits per heavy atom. The van der Waals surface area contributed by atoms with Gasteiger partial charge in [0.2, 0.25) is 0 Å². The van der Waals surface area contributed by atoms with Gasteiger partial charge in [-0.2, -0.15) is 13.2 Å². The third-order valence-corrected chi connectivity index (χ3v) is 4.59. The molecular weight excluding hydrogens is 422 g/mol. The number of nitrogens with one attached hydrogen (secondary N) is 2. The Hall–Kier alpha value is -3.47. The zero-order valence-electron chi connectivity index (χ0n) is 16.8. The van der Waals surface area contributed by atoms with Crippen LogP contribution in [0.5, 0.6) is 0 Å². The summed E-state index contributed by atoms with van der Waals surface area (Å²) in [6.07, 6.45) is -4.95. The molecule has 2 rings (SSSR count). The van der Waals surface area contributed by atoms with Crippen molar-refractivity contribution in [1.29, 1.82) is 0 Å². The smallest absolute Gasteiger partial charge is 0.390 e. The van der Waals surface area contributed by atoms with Gasteiger partial charge in [0.05, 0.1) is 17.7 Å². The molecule has 7 nitrogen and oxygen atoms in total. The van der Waals surface area contributed by atoms with Gasteiger partial charge < -0.3 is 20.3 Å². The number of ketones is 1. The van der Waals surface area contributed by atoms with Crippen molar-refractivity contribution in [2.45, 2.75) is 20.0 Å². The summed E-state index contributed by atoms with van der Waals surface area (Å²) in [5.74, 6) is -4.40. The first-order valence-corrected chi connectivity index (χ1v) is 8.77. The summed E-state index contributed by atoms with van der Waals surface area (Å²) in [5, 5.41) is 13.3. The van der Waals surface area contributed by atoms with Crippen LogP contribution in [0, 0.1) is 19.7 Å². The van der Waals surface area contributed by atoms with E-state index in [0.29, 0.717) is 12.1 Å². The molecule has 1 heterocycles. The van der Waals surface area contributed by atoms with Crippen LogP contribution in [0.1, 0.15) is 37.7 Å². The highest BCUT2D eigenvalue weighted by atomic mass is 19.4. The summed E-state index contributed by atoms with van der Waals surface area (Å²) in [6.45, 7) is 5.65. The molecule has 166 valence electrons. The fourth-order valence-electron chi connectivity index (χ4n) is 3.01. The van der Waals surface area contributed by atoms with Gasteiger partial charge in [-0.05, 0) is 37.6 Å². The Kier molecular flexibility index (Phi) is 6.70. The minimum atomic E-state index is -4.95. The number of amides is 2. The number of carbonyl (C=O) groups excluding carboxylic acids is 3. The van der Waals surface area contributed by atoms with Crippen LogP contribution >= 0.6 is 0 Å². The van der Waals surface area contributed by atoms with Crippen LogP contribution < -0.4 is 10.6 Å². The van der Waals surface area contributed by atoms with Crippen LogP contribution in [0.25, 0.3) is 0 Å². The van der Waals surface area contributed by atoms with Gasteiger partial charge in [0.15, 0.2) is 0 Å². The Labute approximate surface area is 174 Å². The van der Waals surface area contributed by atoms with E-state index in [9.17, 15) is 31.9 Å². The van der Waals surface area contributed by atoms with E-state index in [-0.39, 0.29) is 33.9 Å². The summed E-state index contributed by atoms with van der Waals surface area (Å²) >= 11 is 0. The Morgan fingerprint density at radius 3 is 2.35 bits per heavy atom. The van der Waals surface area contributed by atoms with Gasteiger partial charge in [0.25, 0.3) is 17.6 Å². The highest BCUT2D eigenvalue weighted by Crippen LogP contribution is 2.33. The number of aromatic nitrogens is 1. The van der Waals surface area contributed by atoms with Gasteiger partial charge in [-0.15, -0.1) is 0 Å². The fourth-order valence-corrected chi connectivity index (χ4v) is 3.01. The van der Waals surface area contributed by atoms with E-state index in [2.05, 4.69) is 17.2 Å². The van der Waals surface area contributed by atoms with E-state index >= 15 is 0 Å². The van der Waals surface area contributed by atoms with Gasteiger partial charge in [-0.25, -0.2) is 4.39 Å². The molecule has 1 aromatic heterocycles. The normalized spacial score (nSPS) is 11.2. The monoisotopic (exact) mass is 441 g/mol. The first-order chi connectivity index (χ1) is 14.3. The van der Waals surface area contributed by atoms with Crippen molar-refractivity contribution in [3.05, 3.63) is 64.4 Å². The van der Waals surface area contributed by atoms with Crippen molar-refractivity contribution < 1.29 is 37.1 Å². The molecule has 3 N–H and O–H groups in total. The molecule has 0 unspecified atom stereocenters. The lowest BCUT2D eigenvalue weighted by Gasteiger charge is -2.12. The third-order valence-electron chi connectivity index (χ3n) is 4.59. The molecule has 0 aliphatic rings. The summed E-state index contributed by atoms with van der Waals surface area (Å²) in [7, 11) is 1.43. The number of halogens is 4. The highest BCUT2D eigenvalue weighted by molar-refractivity contribution is 6.44. The summed E-state index contributed by atoms with van der Waals surface area (Å²) in [6, 6.07) is 2.00. The van der Waals surface area contributed by atoms with E-state index in [1.54, 1.807) is 0 Å². The largest absolute Gasteiger partial charge is 0.419 e. The second-order valence-corrected chi connectivity index (χ2v) is 6.68. The molecule has 0 aliphatic carbocycles. The number of rotatable bonds is 6. The first kappa shape index (κ1) is 23.8. The standard InChI is InChI=1S/C20H19F4N3O4/c1-9(8-28)25-19(31)17(29)15-10(2)16(27(4)11(15)3)18(30)26-12-5-6-14(21)13(7-12)20(22,23)24/h5-7,28H,1,8H2,2-4H3,(H,25,31)(H,26,30). The van der Waals surface area contributed by atoms with Gasteiger partial charge in [0, 0.05) is 24.1 Å². The van der Waals surface area contributed by atoms with Gasteiger partial charge in [-0.1, -0.05) is 6.58 Å². The van der Waals surface area contributed by atoms with E-state index in [1.165, 1.54) is 25.5 Å². The van der Waals surface area contributed by atoms with E-state index in [0.717, 1.165) is 6.07 Å². The Bertz CT molecular complexity index is 1090. The molecule has 0 aliphatic heterocycles. The second-order valence-electron chi connectivity index (χ2n) is 6.68. The van der Waals surface area contributed by atoms with Gasteiger partial charge >= 0.3 is 6.18 Å². The second kappa shape index (κ2) is 8.72. The molecule has 0 fully saturated rings. The molecule has 1 aromatic carbocycles. The first-order valence-electron chi connectivity index (χ1n) is 8.77. The van der Waals surface area contributed by atoms with Crippen LogP contribution in [0.4, 0.5) is 23.2 Å². The lowest BCUT2D eigenvalue weighted by Crippen LogP contribution is -2.31. The van der Waals surface area contributed by atoms with Crippen molar-refractivity contribution in [3.63, 3.8) is 0 Å². The Morgan fingerprint density at radius 2 is 1.81 bits per heavy atom. The van der Waals surface area contributed by atoms with Crippen LogP contribution in [-0.2, 0) is 18.0 Å². The maximum atomic E-state index is 13.5. The van der Waals surface area contributed by atoms with Crippen molar-refractivity contribution in [2.75, 3.05) is 11.9 Å². The molecule has 0 radical (unpaired) electrons. The summed E-state index contributed by atoms with van der Waals surface area (Å²) in [5.41, 5.74) is -1.72. The number of Topliss-reactive ketones (excluding diaryl/α,β-unsaturated/α-hetero) is 1. The van der Waals surface area contributed by atoms with Crippen LogP contribution in [0.3, 0.4) is 0 Å². The molecule has 0 saturated heterocycles. The number of aliphatic hydroxyl groups is 1. The van der Waals surface area contributed by atoms with Crippen molar-refractivity contribution in [1.82, 2.24) is 9.88 Å². The number of hydrogen-bond acceptors (Lipinski definition) is 4. The molecule has 0 saturated carbocycles. The van der Waals surface area contributed by atoms with Gasteiger partial charge in [-0.3, -0.25) is 14.4 Å². The highest BCUT2D eigenvalue weighted by Gasteiger charge is 2.34. The van der Waals surface area contributed by atoms with E-state index < -0.39 is 41.8 Å². The summed E-state index contributed by atoms with van der Waals surface area (Å²) in [4.78, 5) is 37.3. The zero-order chi connectivity index (χ0) is 23.7. The minimum Gasteiger partial charge on any atom is -0.390 e. The number of alkyl halides is 3. The SMILES string of the molecule is C=C(CO)NC(=O)C(=O)c1c(C)c(C(=O)Nc2ccc(F)c(C(F)(F)F)c2)n(C)c1C. The number of aliphatic hydroxyl groups excluding tert-OH is 1. The zero-order valence-corrected chi connectivity index (χ0v) is 16.8. The van der Waals surface area contributed by atoms with Crippen molar-refractivity contribution >= 4 is 23.3 Å². The number of anilines is 1. The predicted molar refractivity (Wildman–Crippen MR) is 103 cm³/mol. The van der Waals surface area contributed by atoms with E-state index in [4.69, 9.17) is 5.11 Å². The average molecular weight is 441 g/mol. The Balaban J connectivity index is 2.39. The molecule has 0 bridgehead atoms. The number of benzene rings is 1. The molecular formula is C20H19F4N3O4. The molecule has 0 atom stereocenters. The molecule has 2 aromatic rings. The fraction of sp³-hybridized carbons (Fsp3) is 0.250. The summed E-state index contributed by atoms with van der Waals surface area (Å²) < 4.78 is 53.5. The van der Waals surface area contributed by atoms with Crippen LogP contribution in [0.15, 0.2) is 30.5 Å². The van der Waals surface area contributed by atoms with Gasteiger partial charge in [0.1, 0.15) is 11.5 Å². The topological polar surface area (TPSA) is 100 Å². The maximum Gasteiger partial charge on any atom is 0.419 e. The number of hydrogen-bond donors (Lipinski definition) is 3. The van der Waals surface area contributed by atoms with Crippen molar-refractivity contribution in [2.24, 2.45) is 7.05 Å². The van der Waals surface area contributed by atoms with Crippen LogP contribution in [0.2, 0.25) is 0 Å². The molecule has 0 spiro atoms.